The summed E-state index contributed by atoms with van der Waals surface area (Å²) in [5.74, 6) is 1.02. The number of hydrogen-bond donors (Lipinski definition) is 1. The molecule has 5 heteroatoms. The molecule has 1 N–H and O–H groups in total. The molecule has 1 heterocycles. The first kappa shape index (κ1) is 12.6. The monoisotopic (exact) mass is 254 g/mol. The van der Waals surface area contributed by atoms with Gasteiger partial charge in [0.05, 0.1) is 0 Å². The van der Waals surface area contributed by atoms with Crippen LogP contribution in [0.4, 0.5) is 5.95 Å². The molecule has 1 saturated carbocycles. The molecule has 0 saturated heterocycles. The van der Waals surface area contributed by atoms with E-state index < -0.39 is 0 Å². The highest BCUT2D eigenvalue weighted by atomic mass is 32.1. The van der Waals surface area contributed by atoms with Gasteiger partial charge in [0.15, 0.2) is 4.77 Å². The van der Waals surface area contributed by atoms with Crippen molar-refractivity contribution < 1.29 is 0 Å². The van der Waals surface area contributed by atoms with Crippen LogP contribution < -0.4 is 4.90 Å². The van der Waals surface area contributed by atoms with Gasteiger partial charge in [-0.1, -0.05) is 19.3 Å². The lowest BCUT2D eigenvalue weighted by atomic mass is 9.95. The van der Waals surface area contributed by atoms with Crippen molar-refractivity contribution in [1.82, 2.24) is 14.8 Å². The third-order valence-corrected chi connectivity index (χ3v) is 3.96. The van der Waals surface area contributed by atoms with Crippen LogP contribution >= 0.6 is 12.2 Å². The van der Waals surface area contributed by atoms with E-state index in [1.165, 1.54) is 32.1 Å². The number of anilines is 1. The third kappa shape index (κ3) is 2.54. The maximum Gasteiger partial charge on any atom is 0.225 e. The summed E-state index contributed by atoms with van der Waals surface area (Å²) in [6.45, 7) is 6.27. The van der Waals surface area contributed by atoms with Crippen LogP contribution in [-0.2, 0) is 0 Å². The van der Waals surface area contributed by atoms with Crippen molar-refractivity contribution in [1.29, 1.82) is 0 Å². The molecule has 1 aliphatic carbocycles. The molecule has 0 aromatic carbocycles. The second kappa shape index (κ2) is 5.67. The Hall–Kier alpha value is -0.840. The van der Waals surface area contributed by atoms with E-state index >= 15 is 0 Å². The lowest BCUT2D eigenvalue weighted by Gasteiger charge is -2.27. The van der Waals surface area contributed by atoms with E-state index in [4.69, 9.17) is 12.2 Å². The van der Waals surface area contributed by atoms with E-state index in [0.29, 0.717) is 6.04 Å². The van der Waals surface area contributed by atoms with E-state index in [2.05, 4.69) is 33.5 Å². The number of nitrogens with zero attached hydrogens (tertiary/aromatic N) is 3. The number of aromatic amines is 1. The zero-order valence-corrected chi connectivity index (χ0v) is 11.6. The van der Waals surface area contributed by atoms with Gasteiger partial charge in [0, 0.05) is 19.1 Å². The maximum atomic E-state index is 5.39. The van der Waals surface area contributed by atoms with Crippen molar-refractivity contribution in [3.63, 3.8) is 0 Å². The number of rotatable bonds is 4. The second-order valence-corrected chi connectivity index (χ2v) is 5.05. The van der Waals surface area contributed by atoms with Crippen LogP contribution in [0.2, 0.25) is 0 Å². The molecule has 0 unspecified atom stereocenters. The second-order valence-electron chi connectivity index (χ2n) is 4.66. The molecular formula is C12H22N4S. The molecule has 1 aromatic rings. The first-order valence-corrected chi connectivity index (χ1v) is 7.10. The molecule has 1 aliphatic rings. The largest absolute Gasteiger partial charge is 0.342 e. The minimum Gasteiger partial charge on any atom is -0.342 e. The van der Waals surface area contributed by atoms with Crippen LogP contribution in [-0.4, -0.2) is 27.9 Å². The Bertz CT molecular complexity index is 399. The van der Waals surface area contributed by atoms with Crippen LogP contribution in [0.5, 0.6) is 0 Å². The molecule has 0 aliphatic heterocycles. The number of hydrogen-bond acceptors (Lipinski definition) is 3. The van der Waals surface area contributed by atoms with Gasteiger partial charge in [0.25, 0.3) is 0 Å². The van der Waals surface area contributed by atoms with E-state index in [9.17, 15) is 0 Å². The fourth-order valence-corrected chi connectivity index (χ4v) is 2.97. The molecule has 2 rings (SSSR count). The van der Waals surface area contributed by atoms with Gasteiger partial charge < -0.3 is 4.90 Å². The standard InChI is InChI=1S/C12H22N4S/c1-3-15(4-2)11-13-14-12(17)16(11)10-8-6-5-7-9-10/h10H,3-9H2,1-2H3,(H,14,17). The Morgan fingerprint density at radius 1 is 1.29 bits per heavy atom. The first-order chi connectivity index (χ1) is 8.27. The number of H-pyrrole nitrogens is 1. The van der Waals surface area contributed by atoms with Gasteiger partial charge in [-0.15, -0.1) is 5.10 Å². The van der Waals surface area contributed by atoms with Crippen LogP contribution in [0.1, 0.15) is 52.0 Å². The van der Waals surface area contributed by atoms with Crippen molar-refractivity contribution in [2.75, 3.05) is 18.0 Å². The SMILES string of the molecule is CCN(CC)c1n[nH]c(=S)n1C1CCCCC1. The molecule has 0 radical (unpaired) electrons. The van der Waals surface area contributed by atoms with Crippen molar-refractivity contribution in [3.8, 4) is 0 Å². The zero-order chi connectivity index (χ0) is 12.3. The van der Waals surface area contributed by atoms with Crippen molar-refractivity contribution in [3.05, 3.63) is 4.77 Å². The Labute approximate surface area is 108 Å². The van der Waals surface area contributed by atoms with Gasteiger partial charge in [-0.25, -0.2) is 5.10 Å². The minimum absolute atomic E-state index is 0.547. The molecule has 17 heavy (non-hydrogen) atoms. The molecule has 0 spiro atoms. The maximum absolute atomic E-state index is 5.39. The molecule has 1 aromatic heterocycles. The lowest BCUT2D eigenvalue weighted by molar-refractivity contribution is 0.350. The van der Waals surface area contributed by atoms with Crippen molar-refractivity contribution in [2.45, 2.75) is 52.0 Å². The van der Waals surface area contributed by atoms with Crippen molar-refractivity contribution in [2.24, 2.45) is 0 Å². The minimum atomic E-state index is 0.547. The van der Waals surface area contributed by atoms with E-state index in [-0.39, 0.29) is 0 Å². The van der Waals surface area contributed by atoms with Crippen LogP contribution in [0.15, 0.2) is 0 Å². The molecule has 0 atom stereocenters. The molecular weight excluding hydrogens is 232 g/mol. The summed E-state index contributed by atoms with van der Waals surface area (Å²) in [7, 11) is 0. The Kier molecular flexibility index (Phi) is 4.20. The highest BCUT2D eigenvalue weighted by molar-refractivity contribution is 7.71. The lowest BCUT2D eigenvalue weighted by Crippen LogP contribution is -2.27. The summed E-state index contributed by atoms with van der Waals surface area (Å²) >= 11 is 5.39. The quantitative estimate of drug-likeness (QED) is 0.838. The summed E-state index contributed by atoms with van der Waals surface area (Å²) in [4.78, 5) is 2.26. The summed E-state index contributed by atoms with van der Waals surface area (Å²) in [5.41, 5.74) is 0. The Balaban J connectivity index is 2.31. The Morgan fingerprint density at radius 3 is 2.53 bits per heavy atom. The summed E-state index contributed by atoms with van der Waals surface area (Å²) < 4.78 is 3.01. The van der Waals surface area contributed by atoms with Crippen LogP contribution in [0, 0.1) is 4.77 Å². The topological polar surface area (TPSA) is 36.9 Å². The molecule has 0 amide bonds. The number of nitrogens with one attached hydrogen (secondary N) is 1. The fraction of sp³-hybridized carbons (Fsp3) is 0.833. The number of aromatic nitrogens is 3. The van der Waals surface area contributed by atoms with Crippen LogP contribution in [0.25, 0.3) is 0 Å². The highest BCUT2D eigenvalue weighted by Gasteiger charge is 2.21. The third-order valence-electron chi connectivity index (χ3n) is 3.67. The Morgan fingerprint density at radius 2 is 1.94 bits per heavy atom. The molecule has 1 fully saturated rings. The van der Waals surface area contributed by atoms with Gasteiger partial charge in [-0.2, -0.15) is 0 Å². The van der Waals surface area contributed by atoms with Crippen LogP contribution in [0.3, 0.4) is 0 Å². The van der Waals surface area contributed by atoms with E-state index in [0.717, 1.165) is 23.8 Å². The zero-order valence-electron chi connectivity index (χ0n) is 10.8. The predicted molar refractivity (Wildman–Crippen MR) is 73.1 cm³/mol. The molecule has 4 nitrogen and oxygen atoms in total. The average molecular weight is 254 g/mol. The summed E-state index contributed by atoms with van der Waals surface area (Å²) in [6, 6.07) is 0.547. The summed E-state index contributed by atoms with van der Waals surface area (Å²) in [5, 5.41) is 7.36. The molecule has 0 bridgehead atoms. The van der Waals surface area contributed by atoms with Gasteiger partial charge in [-0.3, -0.25) is 4.57 Å². The van der Waals surface area contributed by atoms with Crippen molar-refractivity contribution >= 4 is 18.2 Å². The van der Waals surface area contributed by atoms with Gasteiger partial charge in [-0.05, 0) is 38.9 Å². The van der Waals surface area contributed by atoms with Gasteiger partial charge >= 0.3 is 0 Å². The van der Waals surface area contributed by atoms with Gasteiger partial charge in [0.2, 0.25) is 5.95 Å². The normalized spacial score (nSPS) is 17.3. The predicted octanol–water partition coefficient (Wildman–Crippen LogP) is 3.29. The van der Waals surface area contributed by atoms with E-state index in [1.807, 2.05) is 0 Å². The highest BCUT2D eigenvalue weighted by Crippen LogP contribution is 2.31. The van der Waals surface area contributed by atoms with E-state index in [1.54, 1.807) is 0 Å². The fourth-order valence-electron chi connectivity index (χ4n) is 2.69. The van der Waals surface area contributed by atoms with Gasteiger partial charge in [0.1, 0.15) is 0 Å². The first-order valence-electron chi connectivity index (χ1n) is 6.69. The summed E-state index contributed by atoms with van der Waals surface area (Å²) in [6.07, 6.45) is 6.47. The average Bonchev–Trinajstić information content (AvgIpc) is 2.74. The smallest absolute Gasteiger partial charge is 0.225 e. The molecule has 96 valence electrons.